The summed E-state index contributed by atoms with van der Waals surface area (Å²) in [5, 5.41) is 14.1. The number of carbonyl (C=O) groups excluding carboxylic acids is 1. The highest BCUT2D eigenvalue weighted by molar-refractivity contribution is 7.08. The number of aromatic nitrogens is 2. The van der Waals surface area contributed by atoms with E-state index in [1.54, 1.807) is 0 Å². The van der Waals surface area contributed by atoms with Crippen LogP contribution in [-0.4, -0.2) is 69.2 Å². The molecular formula is C15H25ClN4O2S. The Kier molecular flexibility index (Phi) is 6.76. The first-order chi connectivity index (χ1) is 10.7. The molecule has 23 heavy (non-hydrogen) atoms. The van der Waals surface area contributed by atoms with Gasteiger partial charge in [-0.2, -0.15) is 0 Å². The molecule has 1 aliphatic carbocycles. The van der Waals surface area contributed by atoms with Crippen molar-refractivity contribution in [2.75, 3.05) is 32.7 Å². The number of carbonyl (C=O) groups is 1. The fourth-order valence-corrected chi connectivity index (χ4v) is 3.62. The summed E-state index contributed by atoms with van der Waals surface area (Å²) in [6.07, 6.45) is 3.92. The Morgan fingerprint density at radius 1 is 1.35 bits per heavy atom. The Morgan fingerprint density at radius 2 is 2.04 bits per heavy atom. The molecule has 1 amide bonds. The van der Waals surface area contributed by atoms with Crippen molar-refractivity contribution in [3.8, 4) is 0 Å². The van der Waals surface area contributed by atoms with Gasteiger partial charge in [-0.25, -0.2) is 0 Å². The number of aliphatic hydroxyl groups excluding tert-OH is 1. The fraction of sp³-hybridized carbons (Fsp3) is 0.800. The van der Waals surface area contributed by atoms with Crippen LogP contribution in [0.25, 0.3) is 0 Å². The van der Waals surface area contributed by atoms with E-state index < -0.39 is 0 Å². The third-order valence-corrected chi connectivity index (χ3v) is 5.26. The molecule has 0 spiro atoms. The lowest BCUT2D eigenvalue weighted by molar-refractivity contribution is 0.0491. The van der Waals surface area contributed by atoms with Crippen LogP contribution in [0.15, 0.2) is 0 Å². The van der Waals surface area contributed by atoms with Gasteiger partial charge in [0.05, 0.1) is 11.8 Å². The van der Waals surface area contributed by atoms with Gasteiger partial charge in [0.2, 0.25) is 0 Å². The summed E-state index contributed by atoms with van der Waals surface area (Å²) < 4.78 is 3.94. The van der Waals surface area contributed by atoms with E-state index in [4.69, 9.17) is 0 Å². The van der Waals surface area contributed by atoms with Crippen molar-refractivity contribution in [1.82, 2.24) is 19.4 Å². The number of aliphatic hydroxyl groups is 1. The van der Waals surface area contributed by atoms with Crippen LogP contribution in [0.2, 0.25) is 0 Å². The fourth-order valence-electron chi connectivity index (χ4n) is 2.94. The van der Waals surface area contributed by atoms with E-state index in [9.17, 15) is 9.90 Å². The SMILES string of the molecule is CCCc1nnsc1C(=O)N1CCN(CC(O)C2CC2)CC1.Cl. The van der Waals surface area contributed by atoms with Gasteiger partial charge in [-0.1, -0.05) is 17.8 Å². The molecule has 2 fully saturated rings. The van der Waals surface area contributed by atoms with Gasteiger partial charge in [0.25, 0.3) is 5.91 Å². The number of amides is 1. The van der Waals surface area contributed by atoms with Crippen molar-refractivity contribution in [2.45, 2.75) is 38.7 Å². The maximum atomic E-state index is 12.6. The average molecular weight is 361 g/mol. The third kappa shape index (κ3) is 4.62. The van der Waals surface area contributed by atoms with Crippen LogP contribution >= 0.6 is 23.9 Å². The van der Waals surface area contributed by atoms with Crippen LogP contribution in [0.1, 0.15) is 41.6 Å². The van der Waals surface area contributed by atoms with Crippen molar-refractivity contribution in [3.63, 3.8) is 0 Å². The standard InChI is InChI=1S/C15H24N4O2S.ClH/c1-2-3-12-14(22-17-16-12)15(21)19-8-6-18(7-9-19)10-13(20)11-4-5-11;/h11,13,20H,2-10H2,1H3;1H. The van der Waals surface area contributed by atoms with Gasteiger partial charge in [-0.3, -0.25) is 9.69 Å². The lowest BCUT2D eigenvalue weighted by atomic mass is 10.2. The molecule has 8 heteroatoms. The second kappa shape index (κ2) is 8.37. The lowest BCUT2D eigenvalue weighted by Gasteiger charge is -2.35. The van der Waals surface area contributed by atoms with Crippen molar-refractivity contribution in [3.05, 3.63) is 10.6 Å². The predicted molar refractivity (Wildman–Crippen MR) is 92.2 cm³/mol. The summed E-state index contributed by atoms with van der Waals surface area (Å²) in [7, 11) is 0. The summed E-state index contributed by atoms with van der Waals surface area (Å²) in [5.74, 6) is 0.584. The van der Waals surface area contributed by atoms with Crippen LogP contribution in [0.5, 0.6) is 0 Å². The highest BCUT2D eigenvalue weighted by atomic mass is 35.5. The molecule has 2 aliphatic rings. The van der Waals surface area contributed by atoms with E-state index in [-0.39, 0.29) is 24.4 Å². The van der Waals surface area contributed by atoms with Crippen LogP contribution < -0.4 is 0 Å². The molecule has 0 bridgehead atoms. The van der Waals surface area contributed by atoms with Gasteiger partial charge < -0.3 is 10.0 Å². The monoisotopic (exact) mass is 360 g/mol. The van der Waals surface area contributed by atoms with Crippen molar-refractivity contribution in [1.29, 1.82) is 0 Å². The van der Waals surface area contributed by atoms with E-state index >= 15 is 0 Å². The Labute approximate surface area is 147 Å². The second-order valence-corrected chi connectivity index (χ2v) is 7.05. The molecule has 1 aromatic heterocycles. The molecular weight excluding hydrogens is 336 g/mol. The minimum atomic E-state index is -0.191. The molecule has 1 saturated carbocycles. The lowest BCUT2D eigenvalue weighted by Crippen LogP contribution is -2.50. The topological polar surface area (TPSA) is 69.6 Å². The van der Waals surface area contributed by atoms with E-state index in [2.05, 4.69) is 21.4 Å². The average Bonchev–Trinajstić information content (AvgIpc) is 3.28. The number of aryl methyl sites for hydroxylation is 1. The maximum absolute atomic E-state index is 12.6. The van der Waals surface area contributed by atoms with E-state index in [0.29, 0.717) is 10.8 Å². The number of hydrogen-bond acceptors (Lipinski definition) is 6. The molecule has 1 aromatic rings. The Hall–Kier alpha value is -0.760. The van der Waals surface area contributed by atoms with Crippen LogP contribution in [0.3, 0.4) is 0 Å². The quantitative estimate of drug-likeness (QED) is 0.831. The normalized spacial score (nSPS) is 20.2. The minimum absolute atomic E-state index is 0. The first-order valence-electron chi connectivity index (χ1n) is 8.20. The molecule has 130 valence electrons. The number of rotatable bonds is 6. The highest BCUT2D eigenvalue weighted by Crippen LogP contribution is 2.33. The van der Waals surface area contributed by atoms with E-state index in [1.807, 2.05) is 4.90 Å². The highest BCUT2D eigenvalue weighted by Gasteiger charge is 2.32. The van der Waals surface area contributed by atoms with Crippen molar-refractivity contribution in [2.24, 2.45) is 5.92 Å². The number of hydrogen-bond donors (Lipinski definition) is 1. The van der Waals surface area contributed by atoms with Gasteiger partial charge in [0.15, 0.2) is 0 Å². The van der Waals surface area contributed by atoms with Gasteiger partial charge in [0.1, 0.15) is 4.88 Å². The van der Waals surface area contributed by atoms with E-state index in [1.165, 1.54) is 11.5 Å². The predicted octanol–water partition coefficient (Wildman–Crippen LogP) is 1.44. The zero-order valence-electron chi connectivity index (χ0n) is 13.5. The number of piperazine rings is 1. The summed E-state index contributed by atoms with van der Waals surface area (Å²) in [6, 6.07) is 0. The second-order valence-electron chi connectivity index (χ2n) is 6.30. The van der Waals surface area contributed by atoms with Crippen LogP contribution in [-0.2, 0) is 6.42 Å². The van der Waals surface area contributed by atoms with E-state index in [0.717, 1.165) is 64.1 Å². The zero-order valence-corrected chi connectivity index (χ0v) is 15.1. The van der Waals surface area contributed by atoms with Gasteiger partial charge in [-0.15, -0.1) is 17.5 Å². The summed E-state index contributed by atoms with van der Waals surface area (Å²) in [6.45, 7) is 5.95. The van der Waals surface area contributed by atoms with Gasteiger partial charge >= 0.3 is 0 Å². The zero-order chi connectivity index (χ0) is 15.5. The van der Waals surface area contributed by atoms with Crippen LogP contribution in [0.4, 0.5) is 0 Å². The first-order valence-corrected chi connectivity index (χ1v) is 8.97. The van der Waals surface area contributed by atoms with Crippen molar-refractivity contribution >= 4 is 29.8 Å². The molecule has 3 rings (SSSR count). The smallest absolute Gasteiger partial charge is 0.267 e. The number of β-amino-alcohol motifs (C(OH)–C–C–N with tert-alkyl or cyclic N) is 1. The first kappa shape index (κ1) is 18.6. The number of nitrogens with zero attached hydrogens (tertiary/aromatic N) is 4. The molecule has 1 N–H and O–H groups in total. The van der Waals surface area contributed by atoms with Gasteiger partial charge in [0, 0.05) is 32.7 Å². The Morgan fingerprint density at radius 3 is 2.65 bits per heavy atom. The molecule has 2 heterocycles. The van der Waals surface area contributed by atoms with Crippen LogP contribution in [0, 0.1) is 5.92 Å². The Balaban J connectivity index is 0.00000192. The van der Waals surface area contributed by atoms with Crippen molar-refractivity contribution < 1.29 is 9.90 Å². The molecule has 6 nitrogen and oxygen atoms in total. The molecule has 1 aliphatic heterocycles. The molecule has 1 unspecified atom stereocenters. The van der Waals surface area contributed by atoms with Gasteiger partial charge in [-0.05, 0) is 36.7 Å². The molecule has 1 atom stereocenters. The third-order valence-electron chi connectivity index (χ3n) is 4.51. The molecule has 1 saturated heterocycles. The largest absolute Gasteiger partial charge is 0.392 e. The summed E-state index contributed by atoms with van der Waals surface area (Å²) in [4.78, 5) is 17.5. The Bertz CT molecular complexity index is 515. The maximum Gasteiger partial charge on any atom is 0.267 e. The minimum Gasteiger partial charge on any atom is -0.392 e. The summed E-state index contributed by atoms with van der Waals surface area (Å²) in [5.41, 5.74) is 0.837. The molecule has 0 radical (unpaired) electrons. The molecule has 0 aromatic carbocycles. The number of halogens is 1. The summed E-state index contributed by atoms with van der Waals surface area (Å²) >= 11 is 1.21.